The van der Waals surface area contributed by atoms with Crippen LogP contribution in [0.2, 0.25) is 10.0 Å². The lowest BCUT2D eigenvalue weighted by molar-refractivity contribution is -0.140. The molecule has 2 rings (SSSR count). The number of halogens is 2. The summed E-state index contributed by atoms with van der Waals surface area (Å²) in [7, 11) is 1.61. The lowest BCUT2D eigenvalue weighted by atomic mass is 10.1. The van der Waals surface area contributed by atoms with Gasteiger partial charge < -0.3 is 19.7 Å². The van der Waals surface area contributed by atoms with Crippen LogP contribution in [-0.4, -0.2) is 43.0 Å². The predicted molar refractivity (Wildman–Crippen MR) is 127 cm³/mol. The van der Waals surface area contributed by atoms with Gasteiger partial charge in [-0.25, -0.2) is 0 Å². The molecule has 0 saturated heterocycles. The number of nitrogens with zero attached hydrogens (tertiary/aromatic N) is 1. The molecule has 1 unspecified atom stereocenters. The molecular weight excluding hydrogens is 451 g/mol. The number of benzene rings is 2. The molecule has 1 atom stereocenters. The van der Waals surface area contributed by atoms with E-state index in [0.717, 1.165) is 17.7 Å². The van der Waals surface area contributed by atoms with E-state index in [4.69, 9.17) is 32.7 Å². The minimum absolute atomic E-state index is 0.145. The van der Waals surface area contributed by atoms with E-state index < -0.39 is 6.04 Å². The summed E-state index contributed by atoms with van der Waals surface area (Å²) in [6, 6.07) is 11.7. The molecular formula is C24H30Cl2N2O4. The lowest BCUT2D eigenvalue weighted by Crippen LogP contribution is -2.47. The topological polar surface area (TPSA) is 67.9 Å². The van der Waals surface area contributed by atoms with E-state index in [9.17, 15) is 9.59 Å². The maximum atomic E-state index is 13.0. The summed E-state index contributed by atoms with van der Waals surface area (Å²) in [5, 5.41) is 3.83. The van der Waals surface area contributed by atoms with Gasteiger partial charge in [-0.3, -0.25) is 9.59 Å². The number of nitrogens with one attached hydrogen (secondary N) is 1. The SMILES string of the molecule is CCCNC(=O)C(C)N(Cc1ccc(Cl)cc1Cl)C(=O)CCCOc1ccc(OC)cc1. The molecule has 0 radical (unpaired) electrons. The molecule has 0 aliphatic heterocycles. The molecule has 0 bridgehead atoms. The van der Waals surface area contributed by atoms with Crippen molar-refractivity contribution in [2.75, 3.05) is 20.3 Å². The molecule has 0 aliphatic carbocycles. The van der Waals surface area contributed by atoms with Gasteiger partial charge in [0.25, 0.3) is 0 Å². The molecule has 2 aromatic rings. The van der Waals surface area contributed by atoms with Crippen molar-refractivity contribution >= 4 is 35.0 Å². The Morgan fingerprint density at radius 1 is 1.09 bits per heavy atom. The van der Waals surface area contributed by atoms with Crippen molar-refractivity contribution in [1.82, 2.24) is 10.2 Å². The van der Waals surface area contributed by atoms with Crippen molar-refractivity contribution in [3.05, 3.63) is 58.1 Å². The van der Waals surface area contributed by atoms with Crippen molar-refractivity contribution in [2.24, 2.45) is 0 Å². The molecule has 0 spiro atoms. The normalized spacial score (nSPS) is 11.5. The fourth-order valence-corrected chi connectivity index (χ4v) is 3.51. The summed E-state index contributed by atoms with van der Waals surface area (Å²) in [6.07, 6.45) is 1.57. The van der Waals surface area contributed by atoms with Crippen molar-refractivity contribution in [2.45, 2.75) is 45.7 Å². The quantitative estimate of drug-likeness (QED) is 0.428. The summed E-state index contributed by atoms with van der Waals surface area (Å²) in [5.41, 5.74) is 0.731. The summed E-state index contributed by atoms with van der Waals surface area (Å²) >= 11 is 12.3. The molecule has 0 aliphatic rings. The van der Waals surface area contributed by atoms with Crippen LogP contribution >= 0.6 is 23.2 Å². The number of carbonyl (C=O) groups excluding carboxylic acids is 2. The number of rotatable bonds is 12. The van der Waals surface area contributed by atoms with E-state index in [1.807, 2.05) is 31.2 Å². The van der Waals surface area contributed by atoms with Crippen LogP contribution in [0.4, 0.5) is 0 Å². The van der Waals surface area contributed by atoms with Gasteiger partial charge in [0.1, 0.15) is 17.5 Å². The lowest BCUT2D eigenvalue weighted by Gasteiger charge is -2.29. The number of carbonyl (C=O) groups is 2. The van der Waals surface area contributed by atoms with Gasteiger partial charge >= 0.3 is 0 Å². The number of hydrogen-bond acceptors (Lipinski definition) is 4. The Morgan fingerprint density at radius 3 is 2.41 bits per heavy atom. The maximum Gasteiger partial charge on any atom is 0.242 e. The van der Waals surface area contributed by atoms with Crippen LogP contribution < -0.4 is 14.8 Å². The molecule has 0 heterocycles. The summed E-state index contributed by atoms with van der Waals surface area (Å²) in [4.78, 5) is 27.1. The third-order valence-corrected chi connectivity index (χ3v) is 5.52. The molecule has 0 saturated carbocycles. The number of methoxy groups -OCH3 is 1. The first-order valence-electron chi connectivity index (χ1n) is 10.6. The van der Waals surface area contributed by atoms with E-state index in [1.165, 1.54) is 0 Å². The van der Waals surface area contributed by atoms with E-state index in [1.54, 1.807) is 37.1 Å². The predicted octanol–water partition coefficient (Wildman–Crippen LogP) is 5.10. The fraction of sp³-hybridized carbons (Fsp3) is 0.417. The smallest absolute Gasteiger partial charge is 0.242 e. The van der Waals surface area contributed by atoms with Gasteiger partial charge in [-0.1, -0.05) is 36.2 Å². The first-order chi connectivity index (χ1) is 15.3. The second kappa shape index (κ2) is 13.2. The first-order valence-corrected chi connectivity index (χ1v) is 11.4. The number of ether oxygens (including phenoxy) is 2. The van der Waals surface area contributed by atoms with Crippen molar-refractivity contribution in [3.8, 4) is 11.5 Å². The molecule has 174 valence electrons. The van der Waals surface area contributed by atoms with Gasteiger partial charge in [-0.15, -0.1) is 0 Å². The number of amides is 2. The molecule has 8 heteroatoms. The summed E-state index contributed by atoms with van der Waals surface area (Å²) in [6.45, 7) is 4.85. The maximum absolute atomic E-state index is 13.0. The zero-order valence-electron chi connectivity index (χ0n) is 18.7. The molecule has 2 amide bonds. The van der Waals surface area contributed by atoms with E-state index in [-0.39, 0.29) is 24.8 Å². The third kappa shape index (κ3) is 7.92. The Balaban J connectivity index is 2.00. The van der Waals surface area contributed by atoms with Gasteiger partial charge in [-0.2, -0.15) is 0 Å². The van der Waals surface area contributed by atoms with Crippen LogP contribution in [-0.2, 0) is 16.1 Å². The Hall–Kier alpha value is -2.44. The second-order valence-corrected chi connectivity index (χ2v) is 8.20. The van der Waals surface area contributed by atoms with Gasteiger partial charge in [0, 0.05) is 29.6 Å². The van der Waals surface area contributed by atoms with Crippen LogP contribution in [0.15, 0.2) is 42.5 Å². The first kappa shape index (κ1) is 25.8. The van der Waals surface area contributed by atoms with Crippen LogP contribution in [0.25, 0.3) is 0 Å². The average Bonchev–Trinajstić information content (AvgIpc) is 2.79. The van der Waals surface area contributed by atoms with E-state index in [2.05, 4.69) is 5.32 Å². The minimum atomic E-state index is -0.636. The minimum Gasteiger partial charge on any atom is -0.497 e. The average molecular weight is 481 g/mol. The van der Waals surface area contributed by atoms with Crippen molar-refractivity contribution < 1.29 is 19.1 Å². The Labute approximate surface area is 199 Å². The van der Waals surface area contributed by atoms with Crippen LogP contribution in [0.3, 0.4) is 0 Å². The van der Waals surface area contributed by atoms with Crippen LogP contribution in [0.5, 0.6) is 11.5 Å². The highest BCUT2D eigenvalue weighted by molar-refractivity contribution is 6.35. The van der Waals surface area contributed by atoms with Gasteiger partial charge in [0.05, 0.1) is 13.7 Å². The fourth-order valence-electron chi connectivity index (χ4n) is 3.04. The molecule has 2 aromatic carbocycles. The highest BCUT2D eigenvalue weighted by Crippen LogP contribution is 2.24. The number of hydrogen-bond donors (Lipinski definition) is 1. The standard InChI is InChI=1S/C24H30Cl2N2O4/c1-4-13-27-24(30)17(2)28(16-18-7-8-19(25)15-22(18)26)23(29)6-5-14-32-21-11-9-20(31-3)10-12-21/h7-12,15,17H,4-6,13-14,16H2,1-3H3,(H,27,30). The monoisotopic (exact) mass is 480 g/mol. The van der Waals surface area contributed by atoms with Gasteiger partial charge in [0.15, 0.2) is 0 Å². The van der Waals surface area contributed by atoms with Gasteiger partial charge in [-0.05, 0) is 61.7 Å². The summed E-state index contributed by atoms with van der Waals surface area (Å²) in [5.74, 6) is 1.11. The molecule has 1 N–H and O–H groups in total. The molecule has 0 fully saturated rings. The Morgan fingerprint density at radius 2 is 1.78 bits per heavy atom. The highest BCUT2D eigenvalue weighted by Gasteiger charge is 2.26. The second-order valence-electron chi connectivity index (χ2n) is 7.35. The molecule has 0 aromatic heterocycles. The van der Waals surface area contributed by atoms with E-state index in [0.29, 0.717) is 35.4 Å². The Kier molecular flexibility index (Phi) is 10.6. The molecule has 6 nitrogen and oxygen atoms in total. The van der Waals surface area contributed by atoms with Crippen molar-refractivity contribution in [3.63, 3.8) is 0 Å². The van der Waals surface area contributed by atoms with Crippen molar-refractivity contribution in [1.29, 1.82) is 0 Å². The molecule has 32 heavy (non-hydrogen) atoms. The largest absolute Gasteiger partial charge is 0.497 e. The zero-order chi connectivity index (χ0) is 23.5. The van der Waals surface area contributed by atoms with Crippen LogP contribution in [0, 0.1) is 0 Å². The van der Waals surface area contributed by atoms with Crippen LogP contribution in [0.1, 0.15) is 38.7 Å². The third-order valence-electron chi connectivity index (χ3n) is 4.94. The zero-order valence-corrected chi connectivity index (χ0v) is 20.2. The van der Waals surface area contributed by atoms with Gasteiger partial charge in [0.2, 0.25) is 11.8 Å². The highest BCUT2D eigenvalue weighted by atomic mass is 35.5. The Bertz CT molecular complexity index is 890. The van der Waals surface area contributed by atoms with E-state index >= 15 is 0 Å². The summed E-state index contributed by atoms with van der Waals surface area (Å²) < 4.78 is 10.8.